The van der Waals surface area contributed by atoms with E-state index in [1.807, 2.05) is 0 Å². The Hall–Kier alpha value is -1.40. The first-order valence-corrected chi connectivity index (χ1v) is 4.15. The van der Waals surface area contributed by atoms with Gasteiger partial charge in [0.15, 0.2) is 0 Å². The fraction of sp³-hybridized carbons (Fsp3) is 0.273. The molecule has 0 aliphatic carbocycles. The van der Waals surface area contributed by atoms with Gasteiger partial charge in [-0.25, -0.2) is 8.78 Å². The molecule has 3 heteroatoms. The molecule has 0 aliphatic heterocycles. The molecule has 0 fully saturated rings. The third kappa shape index (κ3) is 2.09. The quantitative estimate of drug-likeness (QED) is 0.719. The number of aliphatic hydroxyl groups excluding tert-OH is 1. The highest BCUT2D eigenvalue weighted by atomic mass is 19.1. The van der Waals surface area contributed by atoms with Gasteiger partial charge in [-0.05, 0) is 13.0 Å². The molecular weight excluding hydrogens is 186 g/mol. The molecule has 14 heavy (non-hydrogen) atoms. The van der Waals surface area contributed by atoms with Crippen LogP contribution in [0.1, 0.15) is 18.6 Å². The summed E-state index contributed by atoms with van der Waals surface area (Å²) < 4.78 is 25.7. The Labute approximate surface area is 81.4 Å². The molecule has 0 saturated carbocycles. The third-order valence-electron chi connectivity index (χ3n) is 2.02. The smallest absolute Gasteiger partial charge is 0.131 e. The fourth-order valence-electron chi connectivity index (χ4n) is 1.10. The van der Waals surface area contributed by atoms with Crippen molar-refractivity contribution in [2.75, 3.05) is 0 Å². The normalized spacial score (nSPS) is 14.5. The molecule has 74 valence electrons. The highest BCUT2D eigenvalue weighted by Gasteiger charge is 2.18. The summed E-state index contributed by atoms with van der Waals surface area (Å²) in [6.07, 6.45) is 3.99. The van der Waals surface area contributed by atoms with Crippen molar-refractivity contribution in [1.82, 2.24) is 0 Å². The molecule has 0 radical (unpaired) electrons. The van der Waals surface area contributed by atoms with Gasteiger partial charge in [0.05, 0.1) is 6.10 Å². The van der Waals surface area contributed by atoms with E-state index in [2.05, 4.69) is 5.92 Å². The van der Waals surface area contributed by atoms with E-state index in [0.717, 1.165) is 12.1 Å². The highest BCUT2D eigenvalue weighted by molar-refractivity contribution is 5.22. The Balaban J connectivity index is 3.03. The average Bonchev–Trinajstić information content (AvgIpc) is 2.15. The zero-order valence-corrected chi connectivity index (χ0v) is 7.67. The number of aliphatic hydroxyl groups is 1. The lowest BCUT2D eigenvalue weighted by atomic mass is 9.98. The minimum Gasteiger partial charge on any atom is -0.387 e. The zero-order chi connectivity index (χ0) is 10.7. The molecule has 0 heterocycles. The van der Waals surface area contributed by atoms with Crippen molar-refractivity contribution in [2.45, 2.75) is 13.0 Å². The van der Waals surface area contributed by atoms with Gasteiger partial charge in [0.2, 0.25) is 0 Å². The van der Waals surface area contributed by atoms with E-state index in [0.29, 0.717) is 0 Å². The molecule has 0 aliphatic rings. The second-order valence-electron chi connectivity index (χ2n) is 3.07. The molecule has 0 bridgehead atoms. The van der Waals surface area contributed by atoms with E-state index >= 15 is 0 Å². The zero-order valence-electron chi connectivity index (χ0n) is 7.67. The van der Waals surface area contributed by atoms with E-state index in [9.17, 15) is 13.9 Å². The van der Waals surface area contributed by atoms with Crippen molar-refractivity contribution in [1.29, 1.82) is 0 Å². The average molecular weight is 196 g/mol. The van der Waals surface area contributed by atoms with Crippen LogP contribution in [0.25, 0.3) is 0 Å². The molecule has 1 nitrogen and oxygen atoms in total. The van der Waals surface area contributed by atoms with Gasteiger partial charge in [-0.1, -0.05) is 6.07 Å². The second kappa shape index (κ2) is 4.21. The number of benzene rings is 1. The first-order chi connectivity index (χ1) is 6.56. The van der Waals surface area contributed by atoms with Crippen LogP contribution in [0.4, 0.5) is 8.78 Å². The molecule has 0 spiro atoms. The van der Waals surface area contributed by atoms with Gasteiger partial charge in [0.1, 0.15) is 11.6 Å². The molecule has 1 N–H and O–H groups in total. The van der Waals surface area contributed by atoms with Crippen LogP contribution >= 0.6 is 0 Å². The molecule has 0 saturated heterocycles. The Morgan fingerprint density at radius 1 is 1.43 bits per heavy atom. The van der Waals surface area contributed by atoms with Crippen LogP contribution in [0.15, 0.2) is 18.2 Å². The summed E-state index contributed by atoms with van der Waals surface area (Å²) in [5.74, 6) is 0.338. The molecule has 1 rings (SSSR count). The standard InChI is InChI=1S/C11H10F2O/c1-3-7(2)11(14)9-5-4-8(12)6-10(9)13/h1,4-7,11,14H,2H3. The van der Waals surface area contributed by atoms with E-state index in [1.165, 1.54) is 6.07 Å². The summed E-state index contributed by atoms with van der Waals surface area (Å²) in [7, 11) is 0. The Morgan fingerprint density at radius 2 is 2.07 bits per heavy atom. The Bertz CT molecular complexity index is 368. The maximum atomic E-state index is 13.1. The largest absolute Gasteiger partial charge is 0.387 e. The van der Waals surface area contributed by atoms with Crippen LogP contribution in [0.2, 0.25) is 0 Å². The maximum absolute atomic E-state index is 13.1. The summed E-state index contributed by atoms with van der Waals surface area (Å²) in [5.41, 5.74) is 0.0249. The second-order valence-corrected chi connectivity index (χ2v) is 3.07. The predicted molar refractivity (Wildman–Crippen MR) is 49.3 cm³/mol. The van der Waals surface area contributed by atoms with E-state index in [4.69, 9.17) is 6.42 Å². The molecule has 1 aromatic rings. The molecule has 0 amide bonds. The van der Waals surface area contributed by atoms with Crippen LogP contribution in [0.3, 0.4) is 0 Å². The number of halogens is 2. The maximum Gasteiger partial charge on any atom is 0.131 e. The third-order valence-corrected chi connectivity index (χ3v) is 2.02. The number of terminal acetylenes is 1. The van der Waals surface area contributed by atoms with Crippen LogP contribution in [-0.4, -0.2) is 5.11 Å². The van der Waals surface area contributed by atoms with Gasteiger partial charge in [-0.15, -0.1) is 12.3 Å². The molecule has 1 aromatic carbocycles. The van der Waals surface area contributed by atoms with E-state index in [-0.39, 0.29) is 5.56 Å². The van der Waals surface area contributed by atoms with E-state index < -0.39 is 23.7 Å². The minimum absolute atomic E-state index is 0.0249. The van der Waals surface area contributed by atoms with Gasteiger partial charge in [-0.2, -0.15) is 0 Å². The summed E-state index contributed by atoms with van der Waals surface area (Å²) >= 11 is 0. The monoisotopic (exact) mass is 196 g/mol. The summed E-state index contributed by atoms with van der Waals surface area (Å²) in [4.78, 5) is 0. The molecular formula is C11H10F2O. The summed E-state index contributed by atoms with van der Waals surface area (Å²) in [6, 6.07) is 3.01. The van der Waals surface area contributed by atoms with Gasteiger partial charge in [0.25, 0.3) is 0 Å². The van der Waals surface area contributed by atoms with Crippen LogP contribution in [0.5, 0.6) is 0 Å². The van der Waals surface area contributed by atoms with Gasteiger partial charge in [0, 0.05) is 17.5 Å². The number of hydrogen-bond donors (Lipinski definition) is 1. The van der Waals surface area contributed by atoms with Crippen molar-refractivity contribution >= 4 is 0 Å². The lowest BCUT2D eigenvalue weighted by Gasteiger charge is -2.14. The van der Waals surface area contributed by atoms with Gasteiger partial charge >= 0.3 is 0 Å². The van der Waals surface area contributed by atoms with Gasteiger partial charge in [-0.3, -0.25) is 0 Å². The SMILES string of the molecule is C#CC(C)C(O)c1ccc(F)cc1F. The Morgan fingerprint density at radius 3 is 2.57 bits per heavy atom. The highest BCUT2D eigenvalue weighted by Crippen LogP contribution is 2.24. The summed E-state index contributed by atoms with van der Waals surface area (Å²) in [5, 5.41) is 9.56. The first-order valence-electron chi connectivity index (χ1n) is 4.15. The van der Waals surface area contributed by atoms with Crippen LogP contribution in [-0.2, 0) is 0 Å². The number of rotatable bonds is 2. The topological polar surface area (TPSA) is 20.2 Å². The predicted octanol–water partition coefficient (Wildman–Crippen LogP) is 2.27. The molecule has 2 atom stereocenters. The van der Waals surface area contributed by atoms with Crippen LogP contribution in [0, 0.1) is 29.9 Å². The number of hydrogen-bond acceptors (Lipinski definition) is 1. The Kier molecular flexibility index (Phi) is 3.21. The first kappa shape index (κ1) is 10.7. The van der Waals surface area contributed by atoms with Crippen molar-refractivity contribution in [3.63, 3.8) is 0 Å². The lowest BCUT2D eigenvalue weighted by Crippen LogP contribution is -2.09. The van der Waals surface area contributed by atoms with E-state index in [1.54, 1.807) is 6.92 Å². The van der Waals surface area contributed by atoms with Crippen molar-refractivity contribution in [2.24, 2.45) is 5.92 Å². The minimum atomic E-state index is -1.10. The van der Waals surface area contributed by atoms with Gasteiger partial charge < -0.3 is 5.11 Å². The van der Waals surface area contributed by atoms with Crippen molar-refractivity contribution < 1.29 is 13.9 Å². The molecule has 0 aromatic heterocycles. The van der Waals surface area contributed by atoms with Crippen molar-refractivity contribution in [3.05, 3.63) is 35.4 Å². The van der Waals surface area contributed by atoms with Crippen LogP contribution < -0.4 is 0 Å². The molecule has 2 unspecified atom stereocenters. The van der Waals surface area contributed by atoms with Crippen molar-refractivity contribution in [3.8, 4) is 12.3 Å². The summed E-state index contributed by atoms with van der Waals surface area (Å²) in [6.45, 7) is 1.59. The fourth-order valence-corrected chi connectivity index (χ4v) is 1.10. The lowest BCUT2D eigenvalue weighted by molar-refractivity contribution is 0.139.